The zero-order valence-corrected chi connectivity index (χ0v) is 15.4. The lowest BCUT2D eigenvalue weighted by atomic mass is 10.2. The van der Waals surface area contributed by atoms with Crippen LogP contribution in [0.25, 0.3) is 5.65 Å². The van der Waals surface area contributed by atoms with Gasteiger partial charge in [0.25, 0.3) is 11.8 Å². The minimum absolute atomic E-state index is 0.00563. The van der Waals surface area contributed by atoms with E-state index in [0.29, 0.717) is 0 Å². The van der Waals surface area contributed by atoms with E-state index in [0.717, 1.165) is 10.7 Å². The van der Waals surface area contributed by atoms with Gasteiger partial charge >= 0.3 is 12.6 Å². The van der Waals surface area contributed by atoms with Gasteiger partial charge in [-0.1, -0.05) is 12.1 Å². The lowest BCUT2D eigenvalue weighted by molar-refractivity contribution is -0.123. The second-order valence-electron chi connectivity index (χ2n) is 5.90. The molecule has 2 heterocycles. The van der Waals surface area contributed by atoms with Gasteiger partial charge in [-0.3, -0.25) is 9.59 Å². The number of alkyl halides is 2. The van der Waals surface area contributed by atoms with E-state index in [9.17, 15) is 23.2 Å². The standard InChI is InChI=1S/C18H15F2N5O5/c1-9(16(27)24-11-4-2-3-5-13(11)30-18(19)20)29-17(28)12-6-7-22-15-10(14(21)26)8-23-25(12)15/h2-9,18H,1H3,(H2,21,26)(H,24,27)/t9-/m0/s1. The number of nitrogens with zero attached hydrogens (tertiary/aromatic N) is 3. The quantitative estimate of drug-likeness (QED) is 0.555. The molecule has 1 aromatic carbocycles. The summed E-state index contributed by atoms with van der Waals surface area (Å²) in [4.78, 5) is 40.2. The van der Waals surface area contributed by atoms with Crippen LogP contribution < -0.4 is 15.8 Å². The van der Waals surface area contributed by atoms with Crippen molar-refractivity contribution in [2.75, 3.05) is 5.32 Å². The number of nitrogens with one attached hydrogen (secondary N) is 1. The van der Waals surface area contributed by atoms with Crippen molar-refractivity contribution in [1.29, 1.82) is 0 Å². The molecule has 0 aliphatic carbocycles. The predicted molar refractivity (Wildman–Crippen MR) is 98.1 cm³/mol. The molecule has 0 unspecified atom stereocenters. The fraction of sp³-hybridized carbons (Fsp3) is 0.167. The molecule has 3 N–H and O–H groups in total. The van der Waals surface area contributed by atoms with Crippen molar-refractivity contribution in [3.8, 4) is 5.75 Å². The molecule has 12 heteroatoms. The molecule has 0 spiro atoms. The van der Waals surface area contributed by atoms with Crippen LogP contribution >= 0.6 is 0 Å². The van der Waals surface area contributed by atoms with Crippen LogP contribution in [0.2, 0.25) is 0 Å². The summed E-state index contributed by atoms with van der Waals surface area (Å²) in [7, 11) is 0. The molecule has 0 aliphatic rings. The van der Waals surface area contributed by atoms with Gasteiger partial charge in [0.1, 0.15) is 11.3 Å². The Hall–Kier alpha value is -4.09. The van der Waals surface area contributed by atoms with Gasteiger partial charge in [0, 0.05) is 6.20 Å². The molecule has 10 nitrogen and oxygen atoms in total. The molecule has 3 rings (SSSR count). The SMILES string of the molecule is C[C@H](OC(=O)c1ccnc2c(C(N)=O)cnn12)C(=O)Nc1ccccc1OC(F)F. The lowest BCUT2D eigenvalue weighted by Gasteiger charge is -2.16. The Bertz CT molecular complexity index is 1120. The number of ether oxygens (including phenoxy) is 2. The molecule has 0 saturated carbocycles. The lowest BCUT2D eigenvalue weighted by Crippen LogP contribution is -2.30. The van der Waals surface area contributed by atoms with Crippen LogP contribution in [-0.2, 0) is 9.53 Å². The number of fused-ring (bicyclic) bond motifs is 1. The molecule has 3 aromatic rings. The Labute approximate surface area is 167 Å². The fourth-order valence-electron chi connectivity index (χ4n) is 2.50. The normalized spacial score (nSPS) is 11.9. The summed E-state index contributed by atoms with van der Waals surface area (Å²) < 4.78 is 35.5. The molecule has 0 aliphatic heterocycles. The highest BCUT2D eigenvalue weighted by atomic mass is 19.3. The second-order valence-corrected chi connectivity index (χ2v) is 5.90. The highest BCUT2D eigenvalue weighted by Crippen LogP contribution is 2.25. The summed E-state index contributed by atoms with van der Waals surface area (Å²) in [5.74, 6) is -2.73. The van der Waals surface area contributed by atoms with Gasteiger partial charge < -0.3 is 20.5 Å². The average molecular weight is 419 g/mol. The minimum atomic E-state index is -3.08. The van der Waals surface area contributed by atoms with Crippen molar-refractivity contribution in [2.45, 2.75) is 19.6 Å². The predicted octanol–water partition coefficient (Wildman–Crippen LogP) is 1.61. The topological polar surface area (TPSA) is 138 Å². The number of carbonyl (C=O) groups is 3. The zero-order chi connectivity index (χ0) is 21.8. The number of benzene rings is 1. The van der Waals surface area contributed by atoms with Crippen LogP contribution in [0.4, 0.5) is 14.5 Å². The number of halogens is 2. The van der Waals surface area contributed by atoms with Crippen molar-refractivity contribution in [3.05, 3.63) is 54.0 Å². The highest BCUT2D eigenvalue weighted by molar-refractivity contribution is 6.00. The first kappa shape index (κ1) is 20.6. The van der Waals surface area contributed by atoms with E-state index in [4.69, 9.17) is 10.5 Å². The van der Waals surface area contributed by atoms with E-state index in [1.807, 2.05) is 0 Å². The zero-order valence-electron chi connectivity index (χ0n) is 15.4. The fourth-order valence-corrected chi connectivity index (χ4v) is 2.50. The smallest absolute Gasteiger partial charge is 0.387 e. The van der Waals surface area contributed by atoms with Gasteiger partial charge in [0.2, 0.25) is 0 Å². The minimum Gasteiger partial charge on any atom is -0.448 e. The van der Waals surface area contributed by atoms with E-state index < -0.39 is 30.5 Å². The number of para-hydroxylation sites is 2. The molecule has 2 amide bonds. The monoisotopic (exact) mass is 419 g/mol. The summed E-state index contributed by atoms with van der Waals surface area (Å²) >= 11 is 0. The van der Waals surface area contributed by atoms with Crippen LogP contribution in [0.15, 0.2) is 42.7 Å². The molecule has 0 saturated heterocycles. The summed E-state index contributed by atoms with van der Waals surface area (Å²) in [5, 5.41) is 6.24. The first-order valence-electron chi connectivity index (χ1n) is 8.46. The van der Waals surface area contributed by atoms with E-state index >= 15 is 0 Å². The molecule has 0 bridgehead atoms. The molecule has 156 valence electrons. The molecule has 0 fully saturated rings. The van der Waals surface area contributed by atoms with Gasteiger partial charge in [0.15, 0.2) is 17.4 Å². The number of hydrogen-bond donors (Lipinski definition) is 2. The van der Waals surface area contributed by atoms with Gasteiger partial charge in [0.05, 0.1) is 11.9 Å². The van der Waals surface area contributed by atoms with E-state index in [2.05, 4.69) is 20.1 Å². The Kier molecular flexibility index (Phi) is 5.85. The maximum absolute atomic E-state index is 12.5. The summed E-state index contributed by atoms with van der Waals surface area (Å²) in [5.41, 5.74) is 5.16. The van der Waals surface area contributed by atoms with Crippen molar-refractivity contribution < 1.29 is 32.6 Å². The van der Waals surface area contributed by atoms with Crippen molar-refractivity contribution in [2.24, 2.45) is 5.73 Å². The van der Waals surface area contributed by atoms with E-state index in [1.165, 1.54) is 43.5 Å². The van der Waals surface area contributed by atoms with E-state index in [1.54, 1.807) is 0 Å². The van der Waals surface area contributed by atoms with Gasteiger partial charge in [-0.2, -0.15) is 13.9 Å². The van der Waals surface area contributed by atoms with Crippen LogP contribution in [-0.4, -0.2) is 45.1 Å². The molecule has 30 heavy (non-hydrogen) atoms. The molecular weight excluding hydrogens is 404 g/mol. The third kappa shape index (κ3) is 4.32. The number of nitrogens with two attached hydrogens (primary N) is 1. The number of hydrogen-bond acceptors (Lipinski definition) is 7. The number of rotatable bonds is 7. The van der Waals surface area contributed by atoms with E-state index in [-0.39, 0.29) is 28.3 Å². The Balaban J connectivity index is 1.74. The van der Waals surface area contributed by atoms with Crippen LogP contribution in [0.3, 0.4) is 0 Å². The number of primary amides is 1. The third-order valence-corrected chi connectivity index (χ3v) is 3.89. The Morgan fingerprint density at radius 1 is 1.20 bits per heavy atom. The molecule has 0 radical (unpaired) electrons. The maximum Gasteiger partial charge on any atom is 0.387 e. The maximum atomic E-state index is 12.5. The first-order chi connectivity index (χ1) is 14.3. The van der Waals surface area contributed by atoms with Gasteiger partial charge in [-0.15, -0.1) is 0 Å². The van der Waals surface area contributed by atoms with Crippen LogP contribution in [0.1, 0.15) is 27.8 Å². The Morgan fingerprint density at radius 3 is 2.63 bits per heavy atom. The number of aromatic nitrogens is 3. The number of anilines is 1. The Morgan fingerprint density at radius 2 is 1.93 bits per heavy atom. The first-order valence-corrected chi connectivity index (χ1v) is 8.46. The molecule has 2 aromatic heterocycles. The summed E-state index contributed by atoms with van der Waals surface area (Å²) in [6.45, 7) is -1.79. The second kappa shape index (κ2) is 8.51. The van der Waals surface area contributed by atoms with Crippen molar-refractivity contribution in [3.63, 3.8) is 0 Å². The largest absolute Gasteiger partial charge is 0.448 e. The third-order valence-electron chi connectivity index (χ3n) is 3.89. The van der Waals surface area contributed by atoms with Crippen LogP contribution in [0, 0.1) is 0 Å². The number of esters is 1. The highest BCUT2D eigenvalue weighted by Gasteiger charge is 2.23. The van der Waals surface area contributed by atoms with Gasteiger partial charge in [-0.05, 0) is 25.1 Å². The summed E-state index contributed by atoms with van der Waals surface area (Å²) in [6, 6.07) is 6.84. The number of carbonyl (C=O) groups excluding carboxylic acids is 3. The van der Waals surface area contributed by atoms with Crippen molar-refractivity contribution >= 4 is 29.1 Å². The summed E-state index contributed by atoms with van der Waals surface area (Å²) in [6.07, 6.45) is 1.10. The average Bonchev–Trinajstić information content (AvgIpc) is 3.13. The van der Waals surface area contributed by atoms with Crippen LogP contribution in [0.5, 0.6) is 5.75 Å². The molecule has 1 atom stereocenters. The van der Waals surface area contributed by atoms with Crippen molar-refractivity contribution in [1.82, 2.24) is 14.6 Å². The van der Waals surface area contributed by atoms with Gasteiger partial charge in [-0.25, -0.2) is 14.3 Å². The molecular formula is C18H15F2N5O5. The number of amides is 2.